The predicted octanol–water partition coefficient (Wildman–Crippen LogP) is 6.08. The lowest BCUT2D eigenvalue weighted by molar-refractivity contribution is -0.149. The Hall–Kier alpha value is -1.55. The summed E-state index contributed by atoms with van der Waals surface area (Å²) in [6.07, 6.45) is 0. The van der Waals surface area contributed by atoms with Crippen molar-refractivity contribution in [3.8, 4) is 5.75 Å². The molecule has 5 nitrogen and oxygen atoms in total. The Kier molecular flexibility index (Phi) is 7.19. The van der Waals surface area contributed by atoms with Crippen molar-refractivity contribution in [3.63, 3.8) is 0 Å². The van der Waals surface area contributed by atoms with Gasteiger partial charge in [0.15, 0.2) is 0 Å². The van der Waals surface area contributed by atoms with Gasteiger partial charge >= 0.3 is 12.8 Å². The number of rotatable bonds is 7. The van der Waals surface area contributed by atoms with Gasteiger partial charge in [0.1, 0.15) is 11.8 Å². The molecule has 2 aromatic rings. The topological polar surface area (TPSA) is 64.6 Å². The molecule has 0 aliphatic heterocycles. The number of halogens is 1. The fraction of sp³-hybridized carbons (Fsp3) is 0.476. The molecule has 7 heteroatoms. The van der Waals surface area contributed by atoms with Crippen LogP contribution in [0.2, 0.25) is 0 Å². The van der Waals surface area contributed by atoms with E-state index in [0.29, 0.717) is 5.75 Å². The Labute approximate surface area is 172 Å². The first-order valence-corrected chi connectivity index (χ1v) is 11.8. The average Bonchev–Trinajstić information content (AvgIpc) is 2.59. The molecule has 0 amide bonds. The number of nitrogens with one attached hydrogen (secondary N) is 1. The summed E-state index contributed by atoms with van der Waals surface area (Å²) in [7, 11) is 0. The van der Waals surface area contributed by atoms with Gasteiger partial charge in [0.25, 0.3) is 0 Å². The molecule has 154 valence electrons. The Morgan fingerprint density at radius 1 is 1.18 bits per heavy atom. The smallest absolute Gasteiger partial charge is 0.409 e. The number of carbonyl (C=O) groups excluding carboxylic acids is 1. The molecule has 0 heterocycles. The van der Waals surface area contributed by atoms with Crippen LogP contribution in [-0.4, -0.2) is 18.6 Å². The van der Waals surface area contributed by atoms with Gasteiger partial charge < -0.3 is 9.26 Å². The number of esters is 1. The summed E-state index contributed by atoms with van der Waals surface area (Å²) in [5.41, 5.74) is 0.635. The molecular weight excluding hydrogens is 397 g/mol. The molecule has 0 radical (unpaired) electrons. The number of aryl methyl sites for hydroxylation is 1. The highest BCUT2D eigenvalue weighted by Gasteiger charge is 2.34. The van der Waals surface area contributed by atoms with Crippen molar-refractivity contribution in [2.45, 2.75) is 47.6 Å². The summed E-state index contributed by atoms with van der Waals surface area (Å²) in [6, 6.07) is 10.6. The second-order valence-electron chi connectivity index (χ2n) is 8.52. The standard InChI is InChI=1S/C21H29ClNO4P/c1-14(2)18(20(24)26-13-21(4,5)6)23-28(22,25)27-19-15(3)11-12-16-9-7-8-10-17(16)19/h7-12,14,18H,13H2,1-6H3,(H,23,25). The lowest BCUT2D eigenvalue weighted by atomic mass is 9.98. The number of benzene rings is 2. The molecule has 0 saturated heterocycles. The van der Waals surface area contributed by atoms with Crippen LogP contribution in [0.4, 0.5) is 0 Å². The molecule has 0 spiro atoms. The molecule has 0 aromatic heterocycles. The average molecular weight is 426 g/mol. The van der Waals surface area contributed by atoms with E-state index in [0.717, 1.165) is 16.3 Å². The molecular formula is C21H29ClNO4P. The van der Waals surface area contributed by atoms with Crippen LogP contribution >= 0.6 is 18.1 Å². The van der Waals surface area contributed by atoms with Crippen molar-refractivity contribution in [3.05, 3.63) is 42.0 Å². The van der Waals surface area contributed by atoms with E-state index in [4.69, 9.17) is 20.5 Å². The van der Waals surface area contributed by atoms with Crippen LogP contribution in [0.1, 0.15) is 40.2 Å². The summed E-state index contributed by atoms with van der Waals surface area (Å²) in [6.45, 7) is 7.83. The summed E-state index contributed by atoms with van der Waals surface area (Å²) < 4.78 is 24.1. The number of hydrogen-bond acceptors (Lipinski definition) is 4. The quantitative estimate of drug-likeness (QED) is 0.430. The Balaban J connectivity index is 2.23. The zero-order valence-electron chi connectivity index (χ0n) is 17.3. The van der Waals surface area contributed by atoms with Crippen LogP contribution in [-0.2, 0) is 14.1 Å². The van der Waals surface area contributed by atoms with Gasteiger partial charge in [-0.15, -0.1) is 0 Å². The van der Waals surface area contributed by atoms with E-state index in [1.807, 2.05) is 77.9 Å². The second-order valence-corrected chi connectivity index (χ2v) is 11.3. The molecule has 0 saturated carbocycles. The maximum atomic E-state index is 13.0. The van der Waals surface area contributed by atoms with E-state index >= 15 is 0 Å². The maximum absolute atomic E-state index is 13.0. The van der Waals surface area contributed by atoms with Crippen molar-refractivity contribution in [2.75, 3.05) is 6.61 Å². The third-order valence-electron chi connectivity index (χ3n) is 4.15. The predicted molar refractivity (Wildman–Crippen MR) is 115 cm³/mol. The van der Waals surface area contributed by atoms with E-state index in [2.05, 4.69) is 5.09 Å². The molecule has 0 bridgehead atoms. The lowest BCUT2D eigenvalue weighted by Gasteiger charge is -2.26. The summed E-state index contributed by atoms with van der Waals surface area (Å²) in [4.78, 5) is 12.5. The zero-order valence-corrected chi connectivity index (χ0v) is 18.9. The third-order valence-corrected chi connectivity index (χ3v) is 5.65. The highest BCUT2D eigenvalue weighted by molar-refractivity contribution is 7.84. The molecule has 2 atom stereocenters. The van der Waals surface area contributed by atoms with Crippen LogP contribution in [0.5, 0.6) is 5.75 Å². The van der Waals surface area contributed by atoms with Gasteiger partial charge in [-0.3, -0.25) is 4.79 Å². The van der Waals surface area contributed by atoms with E-state index in [1.54, 1.807) is 0 Å². The largest absolute Gasteiger partial charge is 0.464 e. The minimum absolute atomic E-state index is 0.168. The summed E-state index contributed by atoms with van der Waals surface area (Å²) >= 11 is 6.23. The Morgan fingerprint density at radius 3 is 2.43 bits per heavy atom. The SMILES string of the molecule is Cc1ccc2ccccc2c1OP(=O)(Cl)NC(C(=O)OCC(C)(C)C)C(C)C. The highest BCUT2D eigenvalue weighted by Crippen LogP contribution is 2.51. The molecule has 0 fully saturated rings. The van der Waals surface area contributed by atoms with Crippen molar-refractivity contribution < 1.29 is 18.6 Å². The Bertz CT molecular complexity index is 892. The van der Waals surface area contributed by atoms with E-state index in [9.17, 15) is 9.36 Å². The third kappa shape index (κ3) is 6.23. The first kappa shape index (κ1) is 22.7. The second kappa shape index (κ2) is 8.86. The Morgan fingerprint density at radius 2 is 1.82 bits per heavy atom. The normalized spacial score (nSPS) is 15.3. The number of fused-ring (bicyclic) bond motifs is 1. The summed E-state index contributed by atoms with van der Waals surface area (Å²) in [5, 5.41) is 4.45. The van der Waals surface area contributed by atoms with Gasteiger partial charge in [0.2, 0.25) is 0 Å². The van der Waals surface area contributed by atoms with E-state index in [1.165, 1.54) is 0 Å². The van der Waals surface area contributed by atoms with E-state index in [-0.39, 0.29) is 17.9 Å². The van der Waals surface area contributed by atoms with Crippen LogP contribution in [0.25, 0.3) is 10.8 Å². The highest BCUT2D eigenvalue weighted by atomic mass is 35.7. The lowest BCUT2D eigenvalue weighted by Crippen LogP contribution is -2.41. The first-order chi connectivity index (χ1) is 12.9. The molecule has 0 aliphatic rings. The maximum Gasteiger partial charge on any atom is 0.409 e. The van der Waals surface area contributed by atoms with Crippen molar-refractivity contribution in [2.24, 2.45) is 11.3 Å². The van der Waals surface area contributed by atoms with Crippen LogP contribution in [0.3, 0.4) is 0 Å². The van der Waals surface area contributed by atoms with Crippen molar-refractivity contribution in [1.82, 2.24) is 5.09 Å². The van der Waals surface area contributed by atoms with Crippen molar-refractivity contribution in [1.29, 1.82) is 0 Å². The number of hydrogen-bond donors (Lipinski definition) is 1. The van der Waals surface area contributed by atoms with Crippen molar-refractivity contribution >= 4 is 34.9 Å². The fourth-order valence-corrected chi connectivity index (χ4v) is 4.42. The molecule has 2 rings (SSSR count). The van der Waals surface area contributed by atoms with Crippen LogP contribution < -0.4 is 9.61 Å². The molecule has 2 unspecified atom stereocenters. The first-order valence-electron chi connectivity index (χ1n) is 9.32. The van der Waals surface area contributed by atoms with E-state index < -0.39 is 18.9 Å². The summed E-state index contributed by atoms with van der Waals surface area (Å²) in [5.74, 6) is -0.240. The zero-order chi connectivity index (χ0) is 21.1. The number of carbonyl (C=O) groups is 1. The van der Waals surface area contributed by atoms with Gasteiger partial charge in [-0.2, -0.15) is 0 Å². The van der Waals surface area contributed by atoms with Crippen LogP contribution in [0.15, 0.2) is 36.4 Å². The minimum Gasteiger partial charge on any atom is -0.464 e. The fourth-order valence-electron chi connectivity index (χ4n) is 2.63. The minimum atomic E-state index is -3.85. The molecule has 2 aromatic carbocycles. The molecule has 28 heavy (non-hydrogen) atoms. The van der Waals surface area contributed by atoms with Crippen LogP contribution in [0, 0.1) is 18.3 Å². The molecule has 0 aliphatic carbocycles. The van der Waals surface area contributed by atoms with Gasteiger partial charge in [0.05, 0.1) is 6.61 Å². The monoisotopic (exact) mass is 425 g/mol. The van der Waals surface area contributed by atoms with Gasteiger partial charge in [-0.05, 0) is 29.2 Å². The van der Waals surface area contributed by atoms with Gasteiger partial charge in [-0.25, -0.2) is 9.65 Å². The van der Waals surface area contributed by atoms with Gasteiger partial charge in [0, 0.05) is 16.6 Å². The number of ether oxygens (including phenoxy) is 1. The molecule has 1 N–H and O–H groups in total. The van der Waals surface area contributed by atoms with Gasteiger partial charge in [-0.1, -0.05) is 71.0 Å².